The fourth-order valence-electron chi connectivity index (χ4n) is 2.45. The van der Waals surface area contributed by atoms with Crippen LogP contribution in [0.3, 0.4) is 0 Å². The minimum atomic E-state index is -0.930. The Morgan fingerprint density at radius 3 is 2.53 bits per heavy atom. The molecule has 1 aliphatic rings. The van der Waals surface area contributed by atoms with Gasteiger partial charge in [-0.25, -0.2) is 4.79 Å². The van der Waals surface area contributed by atoms with E-state index in [0.717, 1.165) is 12.8 Å². The molecule has 1 aliphatic carbocycles. The number of hydrogen-bond acceptors (Lipinski definition) is 2. The van der Waals surface area contributed by atoms with E-state index < -0.39 is 12.0 Å². The summed E-state index contributed by atoms with van der Waals surface area (Å²) in [5.41, 5.74) is 0. The maximum absolute atomic E-state index is 11.6. The highest BCUT2D eigenvalue weighted by Crippen LogP contribution is 2.28. The lowest BCUT2D eigenvalue weighted by molar-refractivity contribution is -0.142. The van der Waals surface area contributed by atoms with Crippen molar-refractivity contribution in [3.8, 4) is 0 Å². The first kappa shape index (κ1) is 14.0. The van der Waals surface area contributed by atoms with Crippen LogP contribution >= 0.6 is 0 Å². The first-order valence-corrected chi connectivity index (χ1v) is 6.65. The van der Waals surface area contributed by atoms with E-state index in [1.807, 2.05) is 6.92 Å². The molecule has 1 fully saturated rings. The molecule has 1 rings (SSSR count). The lowest BCUT2D eigenvalue weighted by Crippen LogP contribution is -2.40. The Bertz CT molecular complexity index is 259. The van der Waals surface area contributed by atoms with E-state index in [9.17, 15) is 9.59 Å². The van der Waals surface area contributed by atoms with Crippen LogP contribution in [0.5, 0.6) is 0 Å². The van der Waals surface area contributed by atoms with Crippen LogP contribution in [0.4, 0.5) is 0 Å². The highest BCUT2D eigenvalue weighted by atomic mass is 16.4. The normalized spacial score (nSPS) is 17.9. The van der Waals surface area contributed by atoms with Gasteiger partial charge in [0.15, 0.2) is 0 Å². The first-order chi connectivity index (χ1) is 8.13. The number of carboxylic acid groups (broad SMARTS) is 1. The zero-order valence-corrected chi connectivity index (χ0v) is 10.6. The average molecular weight is 241 g/mol. The fourth-order valence-corrected chi connectivity index (χ4v) is 2.45. The fraction of sp³-hybridized carbons (Fsp3) is 0.846. The minimum absolute atomic E-state index is 0.113. The predicted molar refractivity (Wildman–Crippen MR) is 65.7 cm³/mol. The van der Waals surface area contributed by atoms with Gasteiger partial charge in [-0.05, 0) is 18.8 Å². The van der Waals surface area contributed by atoms with Crippen molar-refractivity contribution >= 4 is 11.9 Å². The Morgan fingerprint density at radius 2 is 2.00 bits per heavy atom. The standard InChI is InChI=1S/C13H23NO3/c1-2-5-11(13(16)17)14-12(15)9-8-10-6-3-4-7-10/h10-11H,2-9H2,1H3,(H,14,15)(H,16,17). The molecule has 0 aromatic carbocycles. The summed E-state index contributed by atoms with van der Waals surface area (Å²) in [5, 5.41) is 11.5. The summed E-state index contributed by atoms with van der Waals surface area (Å²) in [5.74, 6) is -0.367. The van der Waals surface area contributed by atoms with Gasteiger partial charge in [0.2, 0.25) is 5.91 Å². The van der Waals surface area contributed by atoms with E-state index in [0.29, 0.717) is 18.8 Å². The van der Waals surface area contributed by atoms with Gasteiger partial charge < -0.3 is 10.4 Å². The molecule has 0 aromatic heterocycles. The van der Waals surface area contributed by atoms with Crippen molar-refractivity contribution in [2.75, 3.05) is 0 Å². The SMILES string of the molecule is CCCC(NC(=O)CCC1CCCC1)C(=O)O. The molecule has 4 nitrogen and oxygen atoms in total. The van der Waals surface area contributed by atoms with Gasteiger partial charge in [-0.1, -0.05) is 39.0 Å². The van der Waals surface area contributed by atoms with Crippen LogP contribution in [-0.2, 0) is 9.59 Å². The molecular formula is C13H23NO3. The molecule has 0 bridgehead atoms. The second-order valence-electron chi connectivity index (χ2n) is 4.94. The van der Waals surface area contributed by atoms with Gasteiger partial charge in [0, 0.05) is 6.42 Å². The maximum Gasteiger partial charge on any atom is 0.326 e. The molecule has 1 unspecified atom stereocenters. The summed E-state index contributed by atoms with van der Waals surface area (Å²) in [7, 11) is 0. The van der Waals surface area contributed by atoms with Gasteiger partial charge in [-0.15, -0.1) is 0 Å². The molecule has 17 heavy (non-hydrogen) atoms. The second kappa shape index (κ2) is 7.30. The molecule has 0 aromatic rings. The van der Waals surface area contributed by atoms with E-state index in [2.05, 4.69) is 5.32 Å². The summed E-state index contributed by atoms with van der Waals surface area (Å²) in [6.45, 7) is 1.92. The van der Waals surface area contributed by atoms with Crippen molar-refractivity contribution in [3.05, 3.63) is 0 Å². The summed E-state index contributed by atoms with van der Waals surface area (Å²) < 4.78 is 0. The number of hydrogen-bond donors (Lipinski definition) is 2. The lowest BCUT2D eigenvalue weighted by atomic mass is 10.0. The Hall–Kier alpha value is -1.06. The topological polar surface area (TPSA) is 66.4 Å². The summed E-state index contributed by atoms with van der Waals surface area (Å²) in [6.07, 6.45) is 7.65. The lowest BCUT2D eigenvalue weighted by Gasteiger charge is -2.14. The monoisotopic (exact) mass is 241 g/mol. The first-order valence-electron chi connectivity index (χ1n) is 6.65. The Labute approximate surface area is 103 Å². The third-order valence-corrected chi connectivity index (χ3v) is 3.47. The molecule has 0 radical (unpaired) electrons. The molecule has 2 N–H and O–H groups in total. The van der Waals surface area contributed by atoms with Gasteiger partial charge in [0.1, 0.15) is 6.04 Å². The van der Waals surface area contributed by atoms with Crippen LogP contribution in [0.15, 0.2) is 0 Å². The van der Waals surface area contributed by atoms with Crippen molar-refractivity contribution in [3.63, 3.8) is 0 Å². The smallest absolute Gasteiger partial charge is 0.326 e. The number of amides is 1. The van der Waals surface area contributed by atoms with Gasteiger partial charge in [-0.2, -0.15) is 0 Å². The molecule has 0 aliphatic heterocycles. The third-order valence-electron chi connectivity index (χ3n) is 3.47. The Balaban J connectivity index is 2.23. The summed E-state index contributed by atoms with van der Waals surface area (Å²) in [6, 6.07) is -0.712. The zero-order valence-electron chi connectivity index (χ0n) is 10.6. The van der Waals surface area contributed by atoms with E-state index >= 15 is 0 Å². The minimum Gasteiger partial charge on any atom is -0.480 e. The second-order valence-corrected chi connectivity index (χ2v) is 4.94. The van der Waals surface area contributed by atoms with E-state index in [1.165, 1.54) is 25.7 Å². The van der Waals surface area contributed by atoms with Crippen LogP contribution in [0, 0.1) is 5.92 Å². The molecule has 0 saturated heterocycles. The highest BCUT2D eigenvalue weighted by Gasteiger charge is 2.20. The van der Waals surface area contributed by atoms with Crippen LogP contribution in [0.25, 0.3) is 0 Å². The maximum atomic E-state index is 11.6. The Morgan fingerprint density at radius 1 is 1.35 bits per heavy atom. The number of nitrogens with one attached hydrogen (secondary N) is 1. The number of carbonyl (C=O) groups excluding carboxylic acids is 1. The van der Waals surface area contributed by atoms with Crippen molar-refractivity contribution < 1.29 is 14.7 Å². The van der Waals surface area contributed by atoms with Crippen LogP contribution in [0.2, 0.25) is 0 Å². The summed E-state index contributed by atoms with van der Waals surface area (Å²) in [4.78, 5) is 22.5. The number of carbonyl (C=O) groups is 2. The number of aliphatic carboxylic acids is 1. The molecule has 1 saturated carbocycles. The van der Waals surface area contributed by atoms with Crippen molar-refractivity contribution in [2.24, 2.45) is 5.92 Å². The highest BCUT2D eigenvalue weighted by molar-refractivity contribution is 5.83. The largest absolute Gasteiger partial charge is 0.480 e. The van der Waals surface area contributed by atoms with Crippen molar-refractivity contribution in [1.82, 2.24) is 5.32 Å². The predicted octanol–water partition coefficient (Wildman–Crippen LogP) is 2.33. The molecule has 0 spiro atoms. The van der Waals surface area contributed by atoms with Gasteiger partial charge in [-0.3, -0.25) is 4.79 Å². The third kappa shape index (κ3) is 5.20. The molecule has 98 valence electrons. The molecule has 1 atom stereocenters. The van der Waals surface area contributed by atoms with E-state index in [1.54, 1.807) is 0 Å². The zero-order chi connectivity index (χ0) is 12.7. The van der Waals surface area contributed by atoms with Crippen LogP contribution < -0.4 is 5.32 Å². The Kier molecular flexibility index (Phi) is 6.01. The molecule has 0 heterocycles. The van der Waals surface area contributed by atoms with Crippen LogP contribution in [-0.4, -0.2) is 23.0 Å². The van der Waals surface area contributed by atoms with E-state index in [-0.39, 0.29) is 5.91 Å². The molecule has 4 heteroatoms. The summed E-state index contributed by atoms with van der Waals surface area (Å²) >= 11 is 0. The average Bonchev–Trinajstić information content (AvgIpc) is 2.78. The van der Waals surface area contributed by atoms with Gasteiger partial charge >= 0.3 is 5.97 Å². The van der Waals surface area contributed by atoms with Gasteiger partial charge in [0.05, 0.1) is 0 Å². The molecule has 1 amide bonds. The van der Waals surface area contributed by atoms with E-state index in [4.69, 9.17) is 5.11 Å². The van der Waals surface area contributed by atoms with Crippen molar-refractivity contribution in [2.45, 2.75) is 64.3 Å². The molecular weight excluding hydrogens is 218 g/mol. The number of rotatable bonds is 7. The van der Waals surface area contributed by atoms with Gasteiger partial charge in [0.25, 0.3) is 0 Å². The number of carboxylic acids is 1. The van der Waals surface area contributed by atoms with Crippen molar-refractivity contribution in [1.29, 1.82) is 0 Å². The quantitative estimate of drug-likeness (QED) is 0.719. The van der Waals surface area contributed by atoms with Crippen LogP contribution in [0.1, 0.15) is 58.3 Å².